The Morgan fingerprint density at radius 2 is 1.03 bits per heavy atom. The predicted molar refractivity (Wildman–Crippen MR) is 133 cm³/mol. The maximum Gasteiger partial charge on any atom is 0.314 e. The van der Waals surface area contributed by atoms with Crippen molar-refractivity contribution in [3.8, 4) is 12.1 Å². The van der Waals surface area contributed by atoms with E-state index < -0.39 is 42.3 Å². The second-order valence-corrected chi connectivity index (χ2v) is 29.7. The van der Waals surface area contributed by atoms with Crippen LogP contribution < -0.4 is 5.19 Å². The molecule has 0 aromatic heterocycles. The highest BCUT2D eigenvalue weighted by atomic mass is 28.5. The third-order valence-corrected chi connectivity index (χ3v) is 22.0. The Labute approximate surface area is 187 Å². The SMILES string of the molecule is C[Si](C)(C)O[Si](C)(C)O[Si](C)(C)O[Si](C)(C)O[Si](C)(C)c1ccc(C#N)c(C#N)c1. The molecule has 30 heavy (non-hydrogen) atoms. The van der Waals surface area contributed by atoms with Gasteiger partial charge in [0, 0.05) is 0 Å². The van der Waals surface area contributed by atoms with E-state index in [2.05, 4.69) is 71.1 Å². The molecule has 0 fully saturated rings. The zero-order chi connectivity index (χ0) is 23.6. The van der Waals surface area contributed by atoms with Crippen LogP contribution in [0.3, 0.4) is 0 Å². The van der Waals surface area contributed by atoms with E-state index in [4.69, 9.17) is 16.5 Å². The van der Waals surface area contributed by atoms with Gasteiger partial charge in [-0.1, -0.05) is 6.07 Å². The normalized spacial score (nSPS) is 13.6. The molecular formula is C19H36N2O4Si5. The molecule has 0 spiro atoms. The van der Waals surface area contributed by atoms with Gasteiger partial charge >= 0.3 is 25.7 Å². The molecule has 0 aliphatic rings. The molecule has 1 rings (SSSR count). The number of hydrogen-bond donors (Lipinski definition) is 0. The molecule has 0 aliphatic heterocycles. The van der Waals surface area contributed by atoms with Crippen LogP contribution in [0.25, 0.3) is 0 Å². The summed E-state index contributed by atoms with van der Waals surface area (Å²) in [5, 5.41) is 19.5. The van der Waals surface area contributed by atoms with Crippen molar-refractivity contribution in [2.75, 3.05) is 0 Å². The van der Waals surface area contributed by atoms with E-state index in [0.717, 1.165) is 5.19 Å². The van der Waals surface area contributed by atoms with E-state index in [-0.39, 0.29) is 0 Å². The van der Waals surface area contributed by atoms with Crippen molar-refractivity contribution in [3.05, 3.63) is 29.3 Å². The van der Waals surface area contributed by atoms with E-state index in [1.807, 2.05) is 19.2 Å². The van der Waals surface area contributed by atoms with Crippen LogP contribution in [0, 0.1) is 22.7 Å². The zero-order valence-electron chi connectivity index (χ0n) is 20.3. The smallest absolute Gasteiger partial charge is 0.314 e. The Bertz CT molecular complexity index is 852. The highest BCUT2D eigenvalue weighted by Gasteiger charge is 2.45. The average Bonchev–Trinajstić information content (AvgIpc) is 2.47. The Hall–Kier alpha value is -0.876. The van der Waals surface area contributed by atoms with Crippen molar-refractivity contribution in [1.82, 2.24) is 0 Å². The van der Waals surface area contributed by atoms with Crippen LogP contribution in [0.4, 0.5) is 0 Å². The van der Waals surface area contributed by atoms with Gasteiger partial charge in [0.15, 0.2) is 8.32 Å². The summed E-state index contributed by atoms with van der Waals surface area (Å²) in [7, 11) is -11.4. The van der Waals surface area contributed by atoms with Crippen molar-refractivity contribution < 1.29 is 16.5 Å². The van der Waals surface area contributed by atoms with Gasteiger partial charge in [0.25, 0.3) is 0 Å². The first-order valence-corrected chi connectivity index (χ1v) is 24.8. The van der Waals surface area contributed by atoms with Gasteiger partial charge in [0.1, 0.15) is 12.1 Å². The summed E-state index contributed by atoms with van der Waals surface area (Å²) in [5.41, 5.74) is 0.768. The van der Waals surface area contributed by atoms with E-state index in [0.29, 0.717) is 11.1 Å². The van der Waals surface area contributed by atoms with E-state index >= 15 is 0 Å². The van der Waals surface area contributed by atoms with Gasteiger partial charge in [-0.25, -0.2) is 0 Å². The summed E-state index contributed by atoms with van der Waals surface area (Å²) in [6, 6.07) is 9.55. The van der Waals surface area contributed by atoms with Crippen molar-refractivity contribution in [2.24, 2.45) is 0 Å². The molecule has 0 unspecified atom stereocenters. The topological polar surface area (TPSA) is 84.5 Å². The van der Waals surface area contributed by atoms with Gasteiger partial charge in [0.2, 0.25) is 8.32 Å². The molecule has 1 aromatic rings. The second-order valence-electron chi connectivity index (χ2n) is 10.2. The van der Waals surface area contributed by atoms with Gasteiger partial charge in [-0.3, -0.25) is 0 Å². The van der Waals surface area contributed by atoms with Gasteiger partial charge in [-0.2, -0.15) is 10.5 Å². The summed E-state index contributed by atoms with van der Waals surface area (Å²) >= 11 is 0. The summed E-state index contributed by atoms with van der Waals surface area (Å²) in [4.78, 5) is 0. The maximum atomic E-state index is 9.36. The van der Waals surface area contributed by atoms with Crippen LogP contribution in [0.1, 0.15) is 11.1 Å². The van der Waals surface area contributed by atoms with E-state index in [9.17, 15) is 10.5 Å². The molecule has 0 amide bonds. The van der Waals surface area contributed by atoms with Crippen molar-refractivity contribution >= 4 is 47.5 Å². The molecule has 0 bridgehead atoms. The standard InChI is InChI=1S/C19H36N2O4Si5/c1-26(2,3)22-28(6,7)24-30(10,11)25-29(8,9)23-27(4,5)19-13-12-17(15-20)18(14-19)16-21/h12-14H,1-11H3. The van der Waals surface area contributed by atoms with E-state index in [1.165, 1.54) is 0 Å². The molecule has 0 heterocycles. The summed E-state index contributed by atoms with van der Waals surface area (Å²) < 4.78 is 26.0. The molecule has 0 atom stereocenters. The first-order valence-electron chi connectivity index (χ1n) is 10.1. The Kier molecular flexibility index (Phi) is 8.44. The third-order valence-electron chi connectivity index (χ3n) is 3.99. The number of benzene rings is 1. The Morgan fingerprint density at radius 3 is 1.47 bits per heavy atom. The number of nitriles is 2. The Balaban J connectivity index is 3.01. The highest BCUT2D eigenvalue weighted by molar-refractivity contribution is 6.94. The molecule has 6 nitrogen and oxygen atoms in total. The lowest BCUT2D eigenvalue weighted by Gasteiger charge is -2.42. The first-order chi connectivity index (χ1) is 13.3. The molecule has 0 radical (unpaired) electrons. The molecule has 0 saturated carbocycles. The fourth-order valence-corrected chi connectivity index (χ4v) is 27.1. The quantitative estimate of drug-likeness (QED) is 0.454. The van der Waals surface area contributed by atoms with Crippen LogP contribution in [0.2, 0.25) is 72.0 Å². The van der Waals surface area contributed by atoms with Gasteiger partial charge in [-0.15, -0.1) is 0 Å². The lowest BCUT2D eigenvalue weighted by Crippen LogP contribution is -2.60. The van der Waals surface area contributed by atoms with Crippen LogP contribution in [0.5, 0.6) is 0 Å². The number of nitrogens with zero attached hydrogens (tertiary/aromatic N) is 2. The molecule has 1 aromatic carbocycles. The predicted octanol–water partition coefficient (Wildman–Crippen LogP) is 4.85. The Morgan fingerprint density at radius 1 is 0.600 bits per heavy atom. The largest absolute Gasteiger partial charge is 0.437 e. The second kappa shape index (κ2) is 9.32. The van der Waals surface area contributed by atoms with Gasteiger partial charge in [0.05, 0.1) is 11.1 Å². The zero-order valence-corrected chi connectivity index (χ0v) is 25.3. The lowest BCUT2D eigenvalue weighted by molar-refractivity contribution is 0.300. The highest BCUT2D eigenvalue weighted by Crippen LogP contribution is 2.26. The molecule has 166 valence electrons. The lowest BCUT2D eigenvalue weighted by atomic mass is 10.1. The van der Waals surface area contributed by atoms with Crippen LogP contribution in [-0.4, -0.2) is 42.3 Å². The van der Waals surface area contributed by atoms with Crippen LogP contribution in [-0.2, 0) is 16.5 Å². The molecule has 0 N–H and O–H groups in total. The van der Waals surface area contributed by atoms with E-state index in [1.54, 1.807) is 12.1 Å². The van der Waals surface area contributed by atoms with Crippen LogP contribution in [0.15, 0.2) is 18.2 Å². The van der Waals surface area contributed by atoms with Crippen molar-refractivity contribution in [3.63, 3.8) is 0 Å². The number of rotatable bonds is 9. The summed E-state index contributed by atoms with van der Waals surface area (Å²) in [5.74, 6) is 0. The molecule has 0 saturated heterocycles. The van der Waals surface area contributed by atoms with Gasteiger partial charge < -0.3 is 16.5 Å². The van der Waals surface area contributed by atoms with Gasteiger partial charge in [-0.05, 0) is 89.3 Å². The first kappa shape index (κ1) is 27.2. The minimum Gasteiger partial charge on any atom is -0.437 e. The molecule has 11 heteroatoms. The molecular weight excluding hydrogens is 461 g/mol. The number of hydrogen-bond acceptors (Lipinski definition) is 6. The average molecular weight is 497 g/mol. The minimum absolute atomic E-state index is 0.383. The monoisotopic (exact) mass is 496 g/mol. The van der Waals surface area contributed by atoms with Crippen LogP contribution >= 0.6 is 0 Å². The summed E-state index contributed by atoms with van der Waals surface area (Å²) in [6.07, 6.45) is 0. The van der Waals surface area contributed by atoms with Crippen molar-refractivity contribution in [1.29, 1.82) is 10.5 Å². The fourth-order valence-electron chi connectivity index (χ4n) is 3.77. The summed E-state index contributed by atoms with van der Waals surface area (Å²) in [6.45, 7) is 23.1. The van der Waals surface area contributed by atoms with Crippen molar-refractivity contribution in [2.45, 2.75) is 72.0 Å². The minimum atomic E-state index is -2.54. The fraction of sp³-hybridized carbons (Fsp3) is 0.579. The molecule has 0 aliphatic carbocycles. The maximum absolute atomic E-state index is 9.36. The third kappa shape index (κ3) is 8.70.